The van der Waals surface area contributed by atoms with E-state index >= 15 is 0 Å². The first-order valence-corrected chi connectivity index (χ1v) is 14.8. The predicted octanol–water partition coefficient (Wildman–Crippen LogP) is 2.18. The number of benzene rings is 1. The van der Waals surface area contributed by atoms with Gasteiger partial charge in [-0.25, -0.2) is 0 Å². The van der Waals surface area contributed by atoms with Gasteiger partial charge in [0.2, 0.25) is 5.75 Å². The van der Waals surface area contributed by atoms with Crippen molar-refractivity contribution in [1.29, 1.82) is 0 Å². The molecule has 0 radical (unpaired) electrons. The van der Waals surface area contributed by atoms with E-state index in [0.717, 1.165) is 0 Å². The van der Waals surface area contributed by atoms with Crippen molar-refractivity contribution in [2.45, 2.75) is 13.3 Å². The number of hydrogen-bond acceptors (Lipinski definition) is 14. The van der Waals surface area contributed by atoms with Crippen LogP contribution in [0.5, 0.6) is 23.0 Å². The molecule has 0 aliphatic carbocycles. The highest BCUT2D eigenvalue weighted by molar-refractivity contribution is 5.70. The lowest BCUT2D eigenvalue weighted by Crippen LogP contribution is -2.15. The normalized spacial score (nSPS) is 11.1. The number of esters is 1. The third-order valence-electron chi connectivity index (χ3n) is 5.32. The van der Waals surface area contributed by atoms with Crippen LogP contribution in [-0.2, 0) is 47.4 Å². The number of carbonyl (C=O) groups excluding carboxylic acids is 1. The van der Waals surface area contributed by atoms with Gasteiger partial charge >= 0.3 is 5.97 Å². The van der Waals surface area contributed by atoms with Gasteiger partial charge in [0.1, 0.15) is 19.0 Å². The van der Waals surface area contributed by atoms with Gasteiger partial charge in [-0.3, -0.25) is 4.79 Å². The highest BCUT2D eigenvalue weighted by Gasteiger charge is 2.18. The molecule has 0 heterocycles. The average Bonchev–Trinajstić information content (AvgIpc) is 3.00. The molecule has 0 saturated heterocycles. The van der Waals surface area contributed by atoms with Crippen molar-refractivity contribution in [2.24, 2.45) is 0 Å². The number of methoxy groups -OCH3 is 3. The zero-order valence-corrected chi connectivity index (χ0v) is 26.8. The molecule has 0 N–H and O–H groups in total. The lowest BCUT2D eigenvalue weighted by atomic mass is 10.2. The Balaban J connectivity index is 2.72. The number of rotatable bonds is 32. The molecule has 0 atom stereocenters. The van der Waals surface area contributed by atoms with E-state index in [-0.39, 0.29) is 19.0 Å². The van der Waals surface area contributed by atoms with Gasteiger partial charge in [-0.2, -0.15) is 0 Å². The Kier molecular flexibility index (Phi) is 26.6. The zero-order chi connectivity index (χ0) is 31.9. The van der Waals surface area contributed by atoms with Crippen molar-refractivity contribution in [3.63, 3.8) is 0 Å². The second kappa shape index (κ2) is 29.4. The molecule has 0 aliphatic heterocycles. The quantitative estimate of drug-likeness (QED) is 0.0649. The van der Waals surface area contributed by atoms with Crippen LogP contribution >= 0.6 is 0 Å². The molecular formula is C30H52O14. The Hall–Kier alpha value is -2.27. The summed E-state index contributed by atoms with van der Waals surface area (Å²) in [6.45, 7) is 8.97. The van der Waals surface area contributed by atoms with Crippen LogP contribution in [0.4, 0.5) is 0 Å². The van der Waals surface area contributed by atoms with Crippen LogP contribution in [0.1, 0.15) is 13.3 Å². The summed E-state index contributed by atoms with van der Waals surface area (Å²) < 4.78 is 71.2. The van der Waals surface area contributed by atoms with E-state index in [1.54, 1.807) is 33.5 Å². The Morgan fingerprint density at radius 3 is 1.27 bits per heavy atom. The van der Waals surface area contributed by atoms with Gasteiger partial charge in [0.15, 0.2) is 11.5 Å². The molecule has 0 aliphatic rings. The maximum absolute atomic E-state index is 11.7. The molecule has 0 spiro atoms. The molecule has 1 rings (SSSR count). The molecule has 14 nitrogen and oxygen atoms in total. The summed E-state index contributed by atoms with van der Waals surface area (Å²) in [6, 6.07) is 3.17. The van der Waals surface area contributed by atoms with Gasteiger partial charge in [-0.1, -0.05) is 0 Å². The first kappa shape index (κ1) is 39.8. The van der Waals surface area contributed by atoms with Crippen molar-refractivity contribution in [3.05, 3.63) is 12.1 Å². The largest absolute Gasteiger partial charge is 0.489 e. The summed E-state index contributed by atoms with van der Waals surface area (Å²) in [5.74, 6) is 0.838. The van der Waals surface area contributed by atoms with Crippen LogP contribution in [0.25, 0.3) is 0 Å². The summed E-state index contributed by atoms with van der Waals surface area (Å²) in [5, 5.41) is 0. The Bertz CT molecular complexity index is 810. The maximum atomic E-state index is 11.7. The molecular weight excluding hydrogens is 584 g/mol. The van der Waals surface area contributed by atoms with E-state index in [2.05, 4.69) is 0 Å². The first-order valence-electron chi connectivity index (χ1n) is 14.8. The van der Waals surface area contributed by atoms with Crippen LogP contribution in [0.2, 0.25) is 0 Å². The Morgan fingerprint density at radius 2 is 0.841 bits per heavy atom. The van der Waals surface area contributed by atoms with Crippen molar-refractivity contribution in [2.75, 3.05) is 140 Å². The van der Waals surface area contributed by atoms with E-state index in [4.69, 9.17) is 61.6 Å². The maximum Gasteiger partial charge on any atom is 0.308 e. The van der Waals surface area contributed by atoms with E-state index in [9.17, 15) is 4.79 Å². The highest BCUT2D eigenvalue weighted by Crippen LogP contribution is 2.41. The van der Waals surface area contributed by atoms with Crippen LogP contribution in [-0.4, -0.2) is 146 Å². The Morgan fingerprint density at radius 1 is 0.477 bits per heavy atom. The minimum absolute atomic E-state index is 0.215. The molecule has 0 unspecified atom stereocenters. The number of carbonyl (C=O) groups is 1. The molecule has 0 aromatic heterocycles. The van der Waals surface area contributed by atoms with Gasteiger partial charge in [0.05, 0.1) is 99.1 Å². The van der Waals surface area contributed by atoms with Gasteiger partial charge < -0.3 is 61.6 Å². The summed E-state index contributed by atoms with van der Waals surface area (Å²) in [4.78, 5) is 11.7. The van der Waals surface area contributed by atoms with Crippen LogP contribution in [0.3, 0.4) is 0 Å². The number of ether oxygens (including phenoxy) is 13. The zero-order valence-electron chi connectivity index (χ0n) is 26.8. The molecule has 0 bridgehead atoms. The fraction of sp³-hybridized carbons (Fsp3) is 0.767. The second-order valence-electron chi connectivity index (χ2n) is 8.89. The van der Waals surface area contributed by atoms with Crippen LogP contribution in [0, 0.1) is 0 Å². The topological polar surface area (TPSA) is 137 Å². The van der Waals surface area contributed by atoms with Crippen molar-refractivity contribution >= 4 is 5.97 Å². The highest BCUT2D eigenvalue weighted by atomic mass is 16.6. The minimum atomic E-state index is -0.477. The van der Waals surface area contributed by atoms with E-state index in [1.165, 1.54) is 6.92 Å². The molecule has 14 heteroatoms. The van der Waals surface area contributed by atoms with Crippen molar-refractivity contribution in [1.82, 2.24) is 0 Å². The molecule has 256 valence electrons. The molecule has 44 heavy (non-hydrogen) atoms. The summed E-state index contributed by atoms with van der Waals surface area (Å²) in [7, 11) is 4.87. The minimum Gasteiger partial charge on any atom is -0.489 e. The third kappa shape index (κ3) is 22.3. The second-order valence-corrected chi connectivity index (χ2v) is 8.89. The van der Waals surface area contributed by atoms with Crippen molar-refractivity contribution in [3.8, 4) is 23.0 Å². The summed E-state index contributed by atoms with van der Waals surface area (Å²) in [5.41, 5.74) is 0. The van der Waals surface area contributed by atoms with Gasteiger partial charge in [0.25, 0.3) is 0 Å². The monoisotopic (exact) mass is 636 g/mol. The van der Waals surface area contributed by atoms with Crippen molar-refractivity contribution < 1.29 is 66.4 Å². The number of hydrogen-bond donors (Lipinski definition) is 0. The SMILES string of the molecule is COCCOCCOCCCOc1cc(OC(C)=O)cc(OCCOCCOCCOC)c1OCCOCCOCCOC. The van der Waals surface area contributed by atoms with Gasteiger partial charge in [-0.05, 0) is 0 Å². The standard InChI is InChI=1S/C30H52O14/c1-26(31)44-27-24-28(41-7-5-6-35-14-15-36-11-8-32-2)30(43-23-21-40-19-17-38-13-10-34-4)29(25-27)42-22-20-39-18-16-37-12-9-33-3/h24-25H,5-23H2,1-4H3. The molecule has 1 aromatic rings. The molecule has 0 amide bonds. The van der Waals surface area contributed by atoms with E-state index < -0.39 is 5.97 Å². The molecule has 1 aromatic carbocycles. The summed E-state index contributed by atoms with van der Waals surface area (Å²) in [6.07, 6.45) is 0.609. The molecule has 0 saturated carbocycles. The lowest BCUT2D eigenvalue weighted by molar-refractivity contribution is -0.131. The van der Waals surface area contributed by atoms with Crippen LogP contribution in [0.15, 0.2) is 12.1 Å². The van der Waals surface area contributed by atoms with Gasteiger partial charge in [-0.15, -0.1) is 0 Å². The lowest BCUT2D eigenvalue weighted by Gasteiger charge is -2.19. The predicted molar refractivity (Wildman–Crippen MR) is 159 cm³/mol. The van der Waals surface area contributed by atoms with Gasteiger partial charge in [0, 0.05) is 53.4 Å². The van der Waals surface area contributed by atoms with E-state index in [0.29, 0.717) is 129 Å². The fourth-order valence-electron chi connectivity index (χ4n) is 3.28. The molecule has 0 fully saturated rings. The Labute approximate surface area is 261 Å². The van der Waals surface area contributed by atoms with E-state index in [1.807, 2.05) is 0 Å². The third-order valence-corrected chi connectivity index (χ3v) is 5.32. The van der Waals surface area contributed by atoms with Crippen LogP contribution < -0.4 is 18.9 Å². The fourth-order valence-corrected chi connectivity index (χ4v) is 3.28. The average molecular weight is 637 g/mol. The smallest absolute Gasteiger partial charge is 0.308 e. The first-order chi connectivity index (χ1) is 21.6. The summed E-state index contributed by atoms with van der Waals surface area (Å²) >= 11 is 0.